The van der Waals surface area contributed by atoms with Crippen LogP contribution in [0.15, 0.2) is 12.3 Å². The second kappa shape index (κ2) is 8.10. The molecular formula is C25H32N6O2S. The maximum Gasteiger partial charge on any atom is 0.225 e. The average molecular weight is 481 g/mol. The molecule has 0 radical (unpaired) electrons. The van der Waals surface area contributed by atoms with Crippen molar-refractivity contribution in [3.05, 3.63) is 23.7 Å². The van der Waals surface area contributed by atoms with Crippen LogP contribution in [0.25, 0.3) is 20.8 Å². The lowest BCUT2D eigenvalue weighted by atomic mass is 9.98. The topological polar surface area (TPSA) is 116 Å². The molecule has 3 aliphatic rings. The Balaban J connectivity index is 1.41. The highest BCUT2D eigenvalue weighted by molar-refractivity contribution is 7.21. The van der Waals surface area contributed by atoms with Crippen molar-refractivity contribution in [1.29, 1.82) is 0 Å². The van der Waals surface area contributed by atoms with Gasteiger partial charge in [0.05, 0.1) is 21.7 Å². The van der Waals surface area contributed by atoms with Crippen LogP contribution in [0.4, 0.5) is 11.8 Å². The minimum Gasteiger partial charge on any atom is -0.388 e. The molecule has 0 amide bonds. The van der Waals surface area contributed by atoms with Crippen molar-refractivity contribution in [3.8, 4) is 10.6 Å². The maximum absolute atomic E-state index is 11.5. The van der Waals surface area contributed by atoms with Crippen molar-refractivity contribution in [2.45, 2.75) is 77.2 Å². The third kappa shape index (κ3) is 3.93. The number of nitrogens with zero attached hydrogens (tertiary/aromatic N) is 4. The Morgan fingerprint density at radius 2 is 1.88 bits per heavy atom. The van der Waals surface area contributed by atoms with E-state index in [0.717, 1.165) is 51.4 Å². The van der Waals surface area contributed by atoms with E-state index in [2.05, 4.69) is 22.5 Å². The molecule has 6 rings (SSSR count). The Morgan fingerprint density at radius 1 is 1.09 bits per heavy atom. The van der Waals surface area contributed by atoms with Crippen LogP contribution in [0.3, 0.4) is 0 Å². The summed E-state index contributed by atoms with van der Waals surface area (Å²) in [6, 6.07) is 2.25. The number of hydrogen-bond acceptors (Lipinski definition) is 9. The van der Waals surface area contributed by atoms with Gasteiger partial charge < -0.3 is 20.8 Å². The van der Waals surface area contributed by atoms with E-state index in [1.807, 2.05) is 19.9 Å². The standard InChI is InChI=1S/C25H32N6O2S/c1-12(15-4-5-15)27-24-28-13(2)19(23-29-20-14(3)26-11-9-18(20)34-23)22(30-24)31-25(33)10-8-17(21(25)32)16-6-7-16/h9,11-12,15-17,21,32-33H,4-8,10H2,1-3H3,(H2,27,28,30,31)/t12-,17-,21-,25-/m1/s1. The quantitative estimate of drug-likeness (QED) is 0.371. The highest BCUT2D eigenvalue weighted by atomic mass is 32.1. The first-order valence-corrected chi connectivity index (χ1v) is 13.2. The number of aliphatic hydroxyl groups excluding tert-OH is 1. The molecule has 8 nitrogen and oxygen atoms in total. The van der Waals surface area contributed by atoms with Crippen molar-refractivity contribution in [2.75, 3.05) is 10.6 Å². The van der Waals surface area contributed by atoms with E-state index < -0.39 is 11.8 Å². The van der Waals surface area contributed by atoms with E-state index in [9.17, 15) is 10.2 Å². The zero-order valence-electron chi connectivity index (χ0n) is 19.9. The third-order valence-electron chi connectivity index (χ3n) is 7.80. The Bertz CT molecular complexity index is 1240. The van der Waals surface area contributed by atoms with Crippen molar-refractivity contribution >= 4 is 33.3 Å². The fourth-order valence-corrected chi connectivity index (χ4v) is 6.51. The molecule has 0 unspecified atom stereocenters. The van der Waals surface area contributed by atoms with Gasteiger partial charge in [-0.2, -0.15) is 4.98 Å². The van der Waals surface area contributed by atoms with Gasteiger partial charge in [0.15, 0.2) is 5.72 Å². The fourth-order valence-electron chi connectivity index (χ4n) is 5.40. The molecule has 0 bridgehead atoms. The minimum atomic E-state index is -1.42. The summed E-state index contributed by atoms with van der Waals surface area (Å²) < 4.78 is 1.05. The van der Waals surface area contributed by atoms with Crippen LogP contribution in [0, 0.1) is 31.6 Å². The van der Waals surface area contributed by atoms with Gasteiger partial charge in [-0.1, -0.05) is 0 Å². The van der Waals surface area contributed by atoms with Gasteiger partial charge in [-0.05, 0) is 83.1 Å². The van der Waals surface area contributed by atoms with Crippen LogP contribution in [-0.4, -0.2) is 48.0 Å². The van der Waals surface area contributed by atoms with E-state index in [1.165, 1.54) is 12.8 Å². The van der Waals surface area contributed by atoms with Gasteiger partial charge in [0, 0.05) is 12.2 Å². The Labute approximate surface area is 203 Å². The molecule has 4 atom stereocenters. The lowest BCUT2D eigenvalue weighted by Crippen LogP contribution is -2.48. The van der Waals surface area contributed by atoms with E-state index in [-0.39, 0.29) is 12.0 Å². The van der Waals surface area contributed by atoms with Gasteiger partial charge in [-0.15, -0.1) is 11.3 Å². The first-order valence-electron chi connectivity index (χ1n) is 12.4. The molecule has 3 saturated carbocycles. The van der Waals surface area contributed by atoms with E-state index >= 15 is 0 Å². The number of pyridine rings is 1. The largest absolute Gasteiger partial charge is 0.388 e. The summed E-state index contributed by atoms with van der Waals surface area (Å²) in [5.74, 6) is 2.36. The summed E-state index contributed by atoms with van der Waals surface area (Å²) in [5, 5.41) is 30.1. The van der Waals surface area contributed by atoms with Crippen LogP contribution < -0.4 is 10.6 Å². The van der Waals surface area contributed by atoms with Crippen LogP contribution in [0.2, 0.25) is 0 Å². The van der Waals surface area contributed by atoms with Gasteiger partial charge in [-0.3, -0.25) is 4.98 Å². The molecular weight excluding hydrogens is 448 g/mol. The predicted molar refractivity (Wildman–Crippen MR) is 134 cm³/mol. The summed E-state index contributed by atoms with van der Waals surface area (Å²) in [7, 11) is 0. The summed E-state index contributed by atoms with van der Waals surface area (Å²) in [6.45, 7) is 6.07. The van der Waals surface area contributed by atoms with Gasteiger partial charge in [0.25, 0.3) is 0 Å². The maximum atomic E-state index is 11.5. The summed E-state index contributed by atoms with van der Waals surface area (Å²) >= 11 is 1.56. The number of aliphatic hydroxyl groups is 2. The van der Waals surface area contributed by atoms with Gasteiger partial charge in [0.2, 0.25) is 5.95 Å². The average Bonchev–Trinajstić information content (AvgIpc) is 3.71. The molecule has 0 spiro atoms. The van der Waals surface area contributed by atoms with Gasteiger partial charge in [0.1, 0.15) is 22.4 Å². The second-order valence-electron chi connectivity index (χ2n) is 10.4. The van der Waals surface area contributed by atoms with Crippen LogP contribution in [0.1, 0.15) is 56.8 Å². The number of anilines is 2. The zero-order chi connectivity index (χ0) is 23.6. The number of fused-ring (bicyclic) bond motifs is 1. The molecule has 3 aromatic heterocycles. The van der Waals surface area contributed by atoms with E-state index in [0.29, 0.717) is 30.0 Å². The number of aryl methyl sites for hydroxylation is 2. The Kier molecular flexibility index (Phi) is 5.27. The molecule has 3 fully saturated rings. The highest BCUT2D eigenvalue weighted by Crippen LogP contribution is 2.49. The Hall–Kier alpha value is -2.36. The second-order valence-corrected chi connectivity index (χ2v) is 11.5. The number of hydrogen-bond donors (Lipinski definition) is 4. The molecule has 3 aromatic rings. The van der Waals surface area contributed by atoms with Crippen molar-refractivity contribution in [2.24, 2.45) is 17.8 Å². The van der Waals surface area contributed by atoms with Crippen molar-refractivity contribution < 1.29 is 10.2 Å². The SMILES string of the molecule is Cc1nc(N[C@H](C)C2CC2)nc(N[C@@]2(O)CC[C@H](C3CC3)[C@H]2O)c1-c1nc2c(C)nccc2s1. The van der Waals surface area contributed by atoms with Crippen LogP contribution in [-0.2, 0) is 0 Å². The summed E-state index contributed by atoms with van der Waals surface area (Å²) in [5.41, 5.74) is 1.87. The molecule has 0 saturated heterocycles. The number of thiazole rings is 1. The number of aromatic nitrogens is 4. The Morgan fingerprint density at radius 3 is 2.59 bits per heavy atom. The summed E-state index contributed by atoms with van der Waals surface area (Å²) in [4.78, 5) is 18.8. The minimum absolute atomic E-state index is 0.132. The van der Waals surface area contributed by atoms with Crippen molar-refractivity contribution in [1.82, 2.24) is 19.9 Å². The highest BCUT2D eigenvalue weighted by Gasteiger charge is 2.52. The fraction of sp³-hybridized carbons (Fsp3) is 0.600. The molecule has 9 heteroatoms. The molecule has 0 aliphatic heterocycles. The normalized spacial score (nSPS) is 27.8. The van der Waals surface area contributed by atoms with Crippen LogP contribution >= 0.6 is 11.3 Å². The van der Waals surface area contributed by atoms with Crippen LogP contribution in [0.5, 0.6) is 0 Å². The lowest BCUT2D eigenvalue weighted by Gasteiger charge is -2.31. The molecule has 4 N–H and O–H groups in total. The number of rotatable bonds is 7. The third-order valence-corrected chi connectivity index (χ3v) is 8.83. The van der Waals surface area contributed by atoms with Gasteiger partial charge >= 0.3 is 0 Å². The zero-order valence-corrected chi connectivity index (χ0v) is 20.7. The molecule has 180 valence electrons. The smallest absolute Gasteiger partial charge is 0.225 e. The molecule has 0 aromatic carbocycles. The van der Waals surface area contributed by atoms with Crippen molar-refractivity contribution in [3.63, 3.8) is 0 Å². The summed E-state index contributed by atoms with van der Waals surface area (Å²) in [6.07, 6.45) is 7.00. The molecule has 34 heavy (non-hydrogen) atoms. The first-order chi connectivity index (χ1) is 16.3. The number of nitrogens with one attached hydrogen (secondary N) is 2. The first kappa shape index (κ1) is 22.1. The molecule has 3 heterocycles. The lowest BCUT2D eigenvalue weighted by molar-refractivity contribution is -0.0504. The predicted octanol–water partition coefficient (Wildman–Crippen LogP) is 4.26. The van der Waals surface area contributed by atoms with Gasteiger partial charge in [-0.25, -0.2) is 9.97 Å². The monoisotopic (exact) mass is 480 g/mol. The van der Waals surface area contributed by atoms with E-state index in [1.54, 1.807) is 17.5 Å². The van der Waals surface area contributed by atoms with E-state index in [4.69, 9.17) is 15.0 Å². The molecule has 3 aliphatic carbocycles.